The number of ether oxygens (including phenoxy) is 1. The largest absolute Gasteiger partial charge is 0.483 e. The van der Waals surface area contributed by atoms with E-state index in [1.807, 2.05) is 42.2 Å². The fraction of sp³-hybridized carbons (Fsp3) is 0.481. The summed E-state index contributed by atoms with van der Waals surface area (Å²) >= 11 is 0. The molecule has 2 amide bonds. The fourth-order valence-electron chi connectivity index (χ4n) is 4.03. The Morgan fingerprint density at radius 2 is 1.64 bits per heavy atom. The predicted octanol–water partition coefficient (Wildman–Crippen LogP) is 4.83. The smallest absolute Gasteiger partial charge is 0.262 e. The van der Waals surface area contributed by atoms with Crippen LogP contribution in [0.1, 0.15) is 51.2 Å². The maximum atomic E-state index is 12.4. The molecule has 0 unspecified atom stereocenters. The summed E-state index contributed by atoms with van der Waals surface area (Å²) in [4.78, 5) is 28.9. The van der Waals surface area contributed by atoms with Gasteiger partial charge in [0.05, 0.1) is 0 Å². The van der Waals surface area contributed by atoms with Crippen LogP contribution in [-0.4, -0.2) is 49.5 Å². The summed E-state index contributed by atoms with van der Waals surface area (Å²) in [5.41, 5.74) is 4.05. The average Bonchev–Trinajstić information content (AvgIpc) is 2.78. The van der Waals surface area contributed by atoms with Crippen molar-refractivity contribution < 1.29 is 14.3 Å². The van der Waals surface area contributed by atoms with E-state index in [4.69, 9.17) is 4.74 Å². The van der Waals surface area contributed by atoms with Crippen LogP contribution in [0.2, 0.25) is 0 Å². The molecule has 2 aromatic carbocycles. The van der Waals surface area contributed by atoms with Crippen molar-refractivity contribution in [1.82, 2.24) is 4.90 Å². The number of carbonyl (C=O) groups is 2. The maximum Gasteiger partial charge on any atom is 0.262 e. The number of piperazine rings is 1. The maximum absolute atomic E-state index is 12.4. The molecule has 1 saturated heterocycles. The number of amides is 2. The summed E-state index contributed by atoms with van der Waals surface area (Å²) in [7, 11) is 0. The van der Waals surface area contributed by atoms with Gasteiger partial charge in [0, 0.05) is 44.0 Å². The van der Waals surface area contributed by atoms with Crippen molar-refractivity contribution in [2.45, 2.75) is 47.0 Å². The van der Waals surface area contributed by atoms with E-state index in [9.17, 15) is 9.59 Å². The zero-order valence-corrected chi connectivity index (χ0v) is 20.6. The lowest BCUT2D eigenvalue weighted by atomic mass is 10.0. The van der Waals surface area contributed by atoms with Gasteiger partial charge in [-0.3, -0.25) is 9.59 Å². The minimum atomic E-state index is -0.184. The summed E-state index contributed by atoms with van der Waals surface area (Å²) in [6.07, 6.45) is 0.612. The van der Waals surface area contributed by atoms with Crippen LogP contribution in [0.15, 0.2) is 42.5 Å². The molecule has 6 nitrogen and oxygen atoms in total. The molecule has 6 heteroatoms. The molecule has 0 spiro atoms. The number of aryl methyl sites for hydroxylation is 1. The monoisotopic (exact) mass is 451 g/mol. The molecule has 178 valence electrons. The molecular weight excluding hydrogens is 414 g/mol. The first-order chi connectivity index (χ1) is 15.7. The van der Waals surface area contributed by atoms with E-state index in [1.54, 1.807) is 0 Å². The molecule has 0 bridgehead atoms. The summed E-state index contributed by atoms with van der Waals surface area (Å²) in [5, 5.41) is 2.91. The molecular formula is C27H37N3O3. The highest BCUT2D eigenvalue weighted by Crippen LogP contribution is 2.27. The molecule has 33 heavy (non-hydrogen) atoms. The Bertz CT molecular complexity index is 946. The first kappa shape index (κ1) is 24.6. The van der Waals surface area contributed by atoms with Crippen LogP contribution in [0.5, 0.6) is 5.75 Å². The number of hydrogen-bond acceptors (Lipinski definition) is 4. The number of benzene rings is 2. The van der Waals surface area contributed by atoms with Crippen LogP contribution in [0.25, 0.3) is 0 Å². The van der Waals surface area contributed by atoms with E-state index >= 15 is 0 Å². The predicted molar refractivity (Wildman–Crippen MR) is 134 cm³/mol. The third-order valence-corrected chi connectivity index (χ3v) is 5.88. The second kappa shape index (κ2) is 11.2. The minimum absolute atomic E-state index is 0.0305. The first-order valence-electron chi connectivity index (χ1n) is 11.9. The molecule has 1 aliphatic rings. The van der Waals surface area contributed by atoms with Gasteiger partial charge in [0.2, 0.25) is 5.91 Å². The topological polar surface area (TPSA) is 61.9 Å². The van der Waals surface area contributed by atoms with Gasteiger partial charge in [-0.15, -0.1) is 0 Å². The van der Waals surface area contributed by atoms with Crippen molar-refractivity contribution in [2.75, 3.05) is 43.0 Å². The van der Waals surface area contributed by atoms with Gasteiger partial charge in [-0.25, -0.2) is 0 Å². The molecule has 0 saturated carbocycles. The molecule has 1 aliphatic heterocycles. The lowest BCUT2D eigenvalue weighted by Crippen LogP contribution is -2.49. The highest BCUT2D eigenvalue weighted by atomic mass is 16.5. The van der Waals surface area contributed by atoms with Crippen molar-refractivity contribution in [2.24, 2.45) is 5.92 Å². The number of nitrogens with one attached hydrogen (secondary N) is 1. The van der Waals surface area contributed by atoms with Crippen molar-refractivity contribution in [3.05, 3.63) is 53.6 Å². The number of hydrogen-bond donors (Lipinski definition) is 1. The van der Waals surface area contributed by atoms with E-state index in [-0.39, 0.29) is 18.4 Å². The minimum Gasteiger partial charge on any atom is -0.483 e. The molecule has 1 N–H and O–H groups in total. The van der Waals surface area contributed by atoms with Gasteiger partial charge in [0.25, 0.3) is 5.91 Å². The summed E-state index contributed by atoms with van der Waals surface area (Å²) in [6.45, 7) is 13.5. The van der Waals surface area contributed by atoms with Crippen LogP contribution in [0.4, 0.5) is 11.4 Å². The molecule has 3 rings (SSSR count). The van der Waals surface area contributed by atoms with Gasteiger partial charge in [-0.2, -0.15) is 0 Å². The van der Waals surface area contributed by atoms with Crippen molar-refractivity contribution in [3.63, 3.8) is 0 Å². The number of rotatable bonds is 8. The van der Waals surface area contributed by atoms with Gasteiger partial charge in [0.15, 0.2) is 6.61 Å². The Morgan fingerprint density at radius 1 is 0.970 bits per heavy atom. The molecule has 1 fully saturated rings. The number of nitrogens with zero attached hydrogens (tertiary/aromatic N) is 2. The van der Waals surface area contributed by atoms with Crippen LogP contribution >= 0.6 is 0 Å². The highest BCUT2D eigenvalue weighted by Gasteiger charge is 2.21. The Hall–Kier alpha value is -3.02. The van der Waals surface area contributed by atoms with E-state index in [0.717, 1.165) is 54.4 Å². The van der Waals surface area contributed by atoms with Crippen LogP contribution < -0.4 is 15.0 Å². The zero-order chi connectivity index (χ0) is 24.0. The number of anilines is 2. The third kappa shape index (κ3) is 6.98. The lowest BCUT2D eigenvalue weighted by Gasteiger charge is -2.36. The fourth-order valence-corrected chi connectivity index (χ4v) is 4.03. The number of carbonyl (C=O) groups excluding carboxylic acids is 2. The molecule has 0 atom stereocenters. The van der Waals surface area contributed by atoms with Crippen LogP contribution in [0.3, 0.4) is 0 Å². The van der Waals surface area contributed by atoms with Crippen LogP contribution in [0, 0.1) is 12.8 Å². The van der Waals surface area contributed by atoms with E-state index in [1.165, 1.54) is 0 Å². The normalized spacial score (nSPS) is 14.0. The van der Waals surface area contributed by atoms with E-state index < -0.39 is 0 Å². The van der Waals surface area contributed by atoms with Crippen molar-refractivity contribution in [1.29, 1.82) is 0 Å². The molecule has 0 aromatic heterocycles. The van der Waals surface area contributed by atoms with Gasteiger partial charge in [-0.05, 0) is 60.2 Å². The summed E-state index contributed by atoms with van der Waals surface area (Å²) < 4.78 is 5.83. The zero-order valence-electron chi connectivity index (χ0n) is 20.6. The first-order valence-corrected chi connectivity index (χ1v) is 11.9. The second-order valence-electron chi connectivity index (χ2n) is 9.55. The Morgan fingerprint density at radius 3 is 2.24 bits per heavy atom. The second-order valence-corrected chi connectivity index (χ2v) is 9.55. The Labute approximate surface area is 197 Å². The van der Waals surface area contributed by atoms with Gasteiger partial charge < -0.3 is 19.9 Å². The molecule has 2 aromatic rings. The third-order valence-electron chi connectivity index (χ3n) is 5.88. The highest BCUT2D eigenvalue weighted by molar-refractivity contribution is 5.92. The van der Waals surface area contributed by atoms with Crippen molar-refractivity contribution in [3.8, 4) is 5.75 Å². The Kier molecular flexibility index (Phi) is 8.37. The van der Waals surface area contributed by atoms with Crippen molar-refractivity contribution >= 4 is 23.2 Å². The standard InChI is InChI=1S/C27H37N3O3/c1-19(2)16-27(32)30-14-12-29(13-15-30)23-9-7-22(8-10-23)28-26(31)18-33-25-17-21(5)6-11-24(25)20(3)4/h6-11,17,19-20H,12-16,18H2,1-5H3,(H,28,31). The SMILES string of the molecule is Cc1ccc(C(C)C)c(OCC(=O)Nc2ccc(N3CCN(C(=O)CC(C)C)CC3)cc2)c1. The summed E-state index contributed by atoms with van der Waals surface area (Å²) in [6, 6.07) is 14.0. The van der Waals surface area contributed by atoms with Gasteiger partial charge >= 0.3 is 0 Å². The molecule has 1 heterocycles. The average molecular weight is 452 g/mol. The quantitative estimate of drug-likeness (QED) is 0.624. The lowest BCUT2D eigenvalue weighted by molar-refractivity contribution is -0.132. The summed E-state index contributed by atoms with van der Waals surface area (Å²) in [5.74, 6) is 1.54. The van der Waals surface area contributed by atoms with E-state index in [2.05, 4.69) is 50.0 Å². The molecule has 0 aliphatic carbocycles. The van der Waals surface area contributed by atoms with Crippen LogP contribution in [-0.2, 0) is 9.59 Å². The van der Waals surface area contributed by atoms with E-state index in [0.29, 0.717) is 18.3 Å². The Balaban J connectivity index is 1.50. The molecule has 0 radical (unpaired) electrons. The van der Waals surface area contributed by atoms with Gasteiger partial charge in [-0.1, -0.05) is 39.8 Å². The van der Waals surface area contributed by atoms with Gasteiger partial charge in [0.1, 0.15) is 5.75 Å².